The number of ether oxygens (including phenoxy) is 2. The molecule has 0 fully saturated rings. The predicted octanol–water partition coefficient (Wildman–Crippen LogP) is 4.22. The molecule has 0 aliphatic rings. The van der Waals surface area contributed by atoms with E-state index < -0.39 is 36.3 Å². The van der Waals surface area contributed by atoms with E-state index in [4.69, 9.17) is 4.74 Å². The van der Waals surface area contributed by atoms with Gasteiger partial charge in [-0.25, -0.2) is 14.5 Å². The minimum Gasteiger partial charge on any atom is -0.452 e. The fourth-order valence-electron chi connectivity index (χ4n) is 2.32. The summed E-state index contributed by atoms with van der Waals surface area (Å²) < 4.78 is 48.3. The molecule has 0 saturated heterocycles. The molecule has 2 rings (SSSR count). The molecular weight excluding hydrogens is 405 g/mol. The highest BCUT2D eigenvalue weighted by molar-refractivity contribution is 5.98. The average molecular weight is 424 g/mol. The SMILES string of the molecule is CCOC(=O)N(C)C(=O)COC(=O)c1ccccc1Nc1cccc(C(F)(F)F)c1. The van der Waals surface area contributed by atoms with E-state index in [9.17, 15) is 27.6 Å². The van der Waals surface area contributed by atoms with Crippen LogP contribution in [0, 0.1) is 0 Å². The van der Waals surface area contributed by atoms with Gasteiger partial charge in [-0.3, -0.25) is 4.79 Å². The largest absolute Gasteiger partial charge is 0.452 e. The molecule has 0 unspecified atom stereocenters. The Morgan fingerprint density at radius 3 is 2.40 bits per heavy atom. The van der Waals surface area contributed by atoms with Gasteiger partial charge < -0.3 is 14.8 Å². The second-order valence-corrected chi connectivity index (χ2v) is 5.98. The zero-order chi connectivity index (χ0) is 22.3. The van der Waals surface area contributed by atoms with Crippen molar-refractivity contribution in [1.29, 1.82) is 0 Å². The van der Waals surface area contributed by atoms with E-state index in [-0.39, 0.29) is 23.5 Å². The highest BCUT2D eigenvalue weighted by Crippen LogP contribution is 2.32. The van der Waals surface area contributed by atoms with Crippen molar-refractivity contribution in [1.82, 2.24) is 4.90 Å². The quantitative estimate of drug-likeness (QED) is 0.699. The lowest BCUT2D eigenvalue weighted by molar-refractivity contribution is -0.137. The lowest BCUT2D eigenvalue weighted by Crippen LogP contribution is -2.36. The topological polar surface area (TPSA) is 84.9 Å². The second-order valence-electron chi connectivity index (χ2n) is 5.98. The van der Waals surface area contributed by atoms with Gasteiger partial charge in [0.1, 0.15) is 0 Å². The van der Waals surface area contributed by atoms with Gasteiger partial charge in [-0.1, -0.05) is 18.2 Å². The molecular formula is C20H19F3N2O5. The second kappa shape index (κ2) is 9.77. The number of anilines is 2. The van der Waals surface area contributed by atoms with Gasteiger partial charge in [0.05, 0.1) is 23.4 Å². The normalized spacial score (nSPS) is 10.8. The number of hydrogen-bond donors (Lipinski definition) is 1. The first kappa shape index (κ1) is 22.7. The zero-order valence-corrected chi connectivity index (χ0v) is 16.2. The minimum absolute atomic E-state index is 0.00139. The van der Waals surface area contributed by atoms with Crippen LogP contribution in [-0.4, -0.2) is 43.1 Å². The summed E-state index contributed by atoms with van der Waals surface area (Å²) in [6.45, 7) is 0.932. The number of para-hydroxylation sites is 1. The number of halogens is 3. The molecule has 30 heavy (non-hydrogen) atoms. The molecule has 0 aliphatic carbocycles. The first-order chi connectivity index (χ1) is 14.1. The van der Waals surface area contributed by atoms with Crippen molar-refractivity contribution in [3.05, 3.63) is 59.7 Å². The van der Waals surface area contributed by atoms with E-state index in [2.05, 4.69) is 10.1 Å². The third-order valence-corrected chi connectivity index (χ3v) is 3.86. The lowest BCUT2D eigenvalue weighted by Gasteiger charge is -2.16. The number of alkyl halides is 3. The third-order valence-electron chi connectivity index (χ3n) is 3.86. The van der Waals surface area contributed by atoms with Gasteiger partial charge in [-0.15, -0.1) is 0 Å². The van der Waals surface area contributed by atoms with Crippen molar-refractivity contribution >= 4 is 29.3 Å². The van der Waals surface area contributed by atoms with Crippen LogP contribution in [0.2, 0.25) is 0 Å². The number of nitrogens with zero attached hydrogens (tertiary/aromatic N) is 1. The molecule has 0 heterocycles. The fourth-order valence-corrected chi connectivity index (χ4v) is 2.32. The van der Waals surface area contributed by atoms with E-state index in [0.717, 1.165) is 12.1 Å². The van der Waals surface area contributed by atoms with Crippen LogP contribution in [0.1, 0.15) is 22.8 Å². The summed E-state index contributed by atoms with van der Waals surface area (Å²) >= 11 is 0. The molecule has 1 N–H and O–H groups in total. The number of benzene rings is 2. The summed E-state index contributed by atoms with van der Waals surface area (Å²) in [4.78, 5) is 36.5. The average Bonchev–Trinajstić information content (AvgIpc) is 2.71. The number of likely N-dealkylation sites (N-methyl/N-ethyl adjacent to an activating group) is 1. The Balaban J connectivity index is 2.10. The maximum atomic E-state index is 12.9. The standard InChI is InChI=1S/C20H19F3N2O5/c1-3-29-19(28)25(2)17(26)12-30-18(27)15-9-4-5-10-16(15)24-14-8-6-7-13(11-14)20(21,22)23/h4-11,24H,3,12H2,1-2H3. The van der Waals surface area contributed by atoms with Gasteiger partial charge in [0.25, 0.3) is 5.91 Å². The molecule has 2 amide bonds. The maximum absolute atomic E-state index is 12.9. The van der Waals surface area contributed by atoms with E-state index in [1.165, 1.54) is 37.4 Å². The number of rotatable bonds is 6. The number of nitrogens with one attached hydrogen (secondary N) is 1. The monoisotopic (exact) mass is 424 g/mol. The molecule has 0 radical (unpaired) electrons. The molecule has 2 aromatic carbocycles. The molecule has 160 valence electrons. The van der Waals surface area contributed by atoms with Crippen molar-refractivity contribution in [2.75, 3.05) is 25.6 Å². The summed E-state index contributed by atoms with van der Waals surface area (Å²) in [5.74, 6) is -1.69. The van der Waals surface area contributed by atoms with Crippen molar-refractivity contribution in [2.24, 2.45) is 0 Å². The van der Waals surface area contributed by atoms with Crippen molar-refractivity contribution < 1.29 is 37.0 Å². The minimum atomic E-state index is -4.51. The lowest BCUT2D eigenvalue weighted by atomic mass is 10.1. The number of imide groups is 1. The van der Waals surface area contributed by atoms with Crippen LogP contribution in [-0.2, 0) is 20.4 Å². The molecule has 0 spiro atoms. The van der Waals surface area contributed by atoms with Crippen LogP contribution < -0.4 is 5.32 Å². The van der Waals surface area contributed by atoms with Gasteiger partial charge in [0, 0.05) is 12.7 Å². The highest BCUT2D eigenvalue weighted by atomic mass is 19.4. The Morgan fingerprint density at radius 1 is 1.03 bits per heavy atom. The van der Waals surface area contributed by atoms with Crippen LogP contribution in [0.25, 0.3) is 0 Å². The number of esters is 1. The Labute approximate surface area is 170 Å². The number of hydrogen-bond acceptors (Lipinski definition) is 6. The van der Waals surface area contributed by atoms with Gasteiger partial charge in [0.15, 0.2) is 6.61 Å². The van der Waals surface area contributed by atoms with Gasteiger partial charge >= 0.3 is 18.2 Å². The Bertz CT molecular complexity index is 931. The summed E-state index contributed by atoms with van der Waals surface area (Å²) in [7, 11) is 1.18. The number of amides is 2. The van der Waals surface area contributed by atoms with E-state index in [0.29, 0.717) is 4.90 Å². The van der Waals surface area contributed by atoms with E-state index >= 15 is 0 Å². The summed E-state index contributed by atoms with van der Waals surface area (Å²) in [6, 6.07) is 10.4. The fraction of sp³-hybridized carbons (Fsp3) is 0.250. The smallest absolute Gasteiger partial charge is 0.416 e. The Hall–Kier alpha value is -3.56. The third kappa shape index (κ3) is 5.97. The summed E-state index contributed by atoms with van der Waals surface area (Å²) in [5, 5.41) is 2.74. The van der Waals surface area contributed by atoms with Crippen molar-refractivity contribution in [3.63, 3.8) is 0 Å². The number of carbonyl (C=O) groups excluding carboxylic acids is 3. The van der Waals surface area contributed by atoms with E-state index in [1.54, 1.807) is 13.0 Å². The van der Waals surface area contributed by atoms with Crippen LogP contribution in [0.4, 0.5) is 29.3 Å². The number of carbonyl (C=O) groups is 3. The molecule has 10 heteroatoms. The van der Waals surface area contributed by atoms with Crippen LogP contribution in [0.3, 0.4) is 0 Å². The zero-order valence-electron chi connectivity index (χ0n) is 16.2. The van der Waals surface area contributed by atoms with Crippen molar-refractivity contribution in [2.45, 2.75) is 13.1 Å². The molecule has 0 atom stereocenters. The molecule has 0 bridgehead atoms. The van der Waals surface area contributed by atoms with Crippen LogP contribution >= 0.6 is 0 Å². The summed E-state index contributed by atoms with van der Waals surface area (Å²) in [5.41, 5.74) is -0.544. The first-order valence-corrected chi connectivity index (χ1v) is 8.77. The van der Waals surface area contributed by atoms with E-state index in [1.807, 2.05) is 0 Å². The van der Waals surface area contributed by atoms with Gasteiger partial charge in [-0.05, 0) is 37.3 Å². The molecule has 2 aromatic rings. The summed E-state index contributed by atoms with van der Waals surface area (Å²) in [6.07, 6.45) is -5.40. The van der Waals surface area contributed by atoms with Crippen LogP contribution in [0.15, 0.2) is 48.5 Å². The van der Waals surface area contributed by atoms with Gasteiger partial charge in [0.2, 0.25) is 0 Å². The maximum Gasteiger partial charge on any atom is 0.416 e. The highest BCUT2D eigenvalue weighted by Gasteiger charge is 2.30. The molecule has 0 aromatic heterocycles. The molecule has 0 saturated carbocycles. The first-order valence-electron chi connectivity index (χ1n) is 8.77. The Morgan fingerprint density at radius 2 is 1.73 bits per heavy atom. The Kier molecular flexibility index (Phi) is 7.40. The van der Waals surface area contributed by atoms with Crippen LogP contribution in [0.5, 0.6) is 0 Å². The predicted molar refractivity (Wildman–Crippen MR) is 101 cm³/mol. The van der Waals surface area contributed by atoms with Crippen molar-refractivity contribution in [3.8, 4) is 0 Å². The van der Waals surface area contributed by atoms with Gasteiger partial charge in [-0.2, -0.15) is 13.2 Å². The molecule has 7 nitrogen and oxygen atoms in total. The molecule has 0 aliphatic heterocycles.